The Bertz CT molecular complexity index is 1070. The molecule has 5 rings (SSSR count). The first kappa shape index (κ1) is 19.8. The highest BCUT2D eigenvalue weighted by Gasteiger charge is 2.28. The zero-order valence-electron chi connectivity index (χ0n) is 16.6. The van der Waals surface area contributed by atoms with Crippen LogP contribution in [-0.2, 0) is 11.3 Å². The number of fused-ring (bicyclic) bond motifs is 2. The van der Waals surface area contributed by atoms with Crippen molar-refractivity contribution in [1.29, 1.82) is 0 Å². The van der Waals surface area contributed by atoms with Crippen molar-refractivity contribution in [2.24, 2.45) is 5.92 Å². The van der Waals surface area contributed by atoms with Crippen LogP contribution in [0.5, 0.6) is 0 Å². The van der Waals surface area contributed by atoms with Crippen molar-refractivity contribution in [2.75, 3.05) is 11.1 Å². The maximum Gasteiger partial charge on any atom is 0.234 e. The van der Waals surface area contributed by atoms with Gasteiger partial charge >= 0.3 is 0 Å². The number of amides is 1. The number of thioether (sulfide) groups is 1. The van der Waals surface area contributed by atoms with Crippen molar-refractivity contribution in [3.05, 3.63) is 59.0 Å². The van der Waals surface area contributed by atoms with Crippen molar-refractivity contribution in [3.63, 3.8) is 0 Å². The summed E-state index contributed by atoms with van der Waals surface area (Å²) >= 11 is 3.21. The lowest BCUT2D eigenvalue weighted by molar-refractivity contribution is -0.113. The molecule has 3 aromatic rings. The number of thiophene rings is 1. The van der Waals surface area contributed by atoms with E-state index in [1.165, 1.54) is 15.6 Å². The van der Waals surface area contributed by atoms with Crippen LogP contribution in [0.1, 0.15) is 40.9 Å². The fourth-order valence-electron chi connectivity index (χ4n) is 4.37. The molecule has 2 heterocycles. The second-order valence-electron chi connectivity index (χ2n) is 8.11. The number of anilines is 1. The molecule has 6 heteroatoms. The zero-order chi connectivity index (χ0) is 20.5. The van der Waals surface area contributed by atoms with Crippen molar-refractivity contribution >= 4 is 50.6 Å². The van der Waals surface area contributed by atoms with Crippen LogP contribution in [0.2, 0.25) is 0 Å². The summed E-state index contributed by atoms with van der Waals surface area (Å²) in [5, 5.41) is 7.77. The molecule has 1 aliphatic heterocycles. The molecular weight excluding hydrogens is 412 g/mol. The minimum absolute atomic E-state index is 0.0687. The Balaban J connectivity index is 1.15. The molecule has 0 bridgehead atoms. The molecule has 2 aromatic carbocycles. The molecule has 0 atom stereocenters. The van der Waals surface area contributed by atoms with Gasteiger partial charge in [-0.15, -0.1) is 23.1 Å². The van der Waals surface area contributed by atoms with Crippen LogP contribution in [-0.4, -0.2) is 23.5 Å². The number of hydrogen-bond acceptors (Lipinski definition) is 5. The average Bonchev–Trinajstić information content (AvgIpc) is 3.21. The van der Waals surface area contributed by atoms with Crippen LogP contribution < -0.4 is 10.6 Å². The molecule has 1 amide bonds. The normalized spacial score (nSPS) is 21.3. The van der Waals surface area contributed by atoms with Crippen LogP contribution in [0.4, 0.5) is 5.69 Å². The van der Waals surface area contributed by atoms with E-state index < -0.39 is 0 Å². The first-order chi connectivity index (χ1) is 14.7. The highest BCUT2D eigenvalue weighted by Crippen LogP contribution is 2.34. The molecule has 0 unspecified atom stereocenters. The Kier molecular flexibility index (Phi) is 5.63. The summed E-state index contributed by atoms with van der Waals surface area (Å²) in [6, 6.07) is 17.0. The minimum Gasteiger partial charge on any atom is -0.324 e. The van der Waals surface area contributed by atoms with Crippen LogP contribution in [0.15, 0.2) is 53.4 Å². The summed E-state index contributed by atoms with van der Waals surface area (Å²) in [6.07, 6.45) is 3.95. The summed E-state index contributed by atoms with van der Waals surface area (Å²) in [6.45, 7) is 0.785. The van der Waals surface area contributed by atoms with Crippen LogP contribution in [0.25, 0.3) is 10.1 Å². The Morgan fingerprint density at radius 2 is 1.90 bits per heavy atom. The van der Waals surface area contributed by atoms with Crippen molar-refractivity contribution in [2.45, 2.75) is 43.2 Å². The third-order valence-corrected chi connectivity index (χ3v) is 8.24. The van der Waals surface area contributed by atoms with Crippen molar-refractivity contribution in [1.82, 2.24) is 5.32 Å². The fraction of sp³-hybridized carbons (Fsp3) is 0.333. The molecule has 0 spiro atoms. The topological polar surface area (TPSA) is 58.2 Å². The molecule has 0 radical (unpaired) electrons. The number of nitrogens with one attached hydrogen (secondary N) is 2. The average molecular weight is 437 g/mol. The number of ketones is 1. The number of carbonyl (C=O) groups is 2. The van der Waals surface area contributed by atoms with Gasteiger partial charge in [-0.05, 0) is 60.9 Å². The molecule has 2 aliphatic rings. The zero-order valence-corrected chi connectivity index (χ0v) is 18.3. The first-order valence-corrected chi connectivity index (χ1v) is 12.3. The summed E-state index contributed by atoms with van der Waals surface area (Å²) in [4.78, 5) is 26.6. The van der Waals surface area contributed by atoms with Crippen molar-refractivity contribution < 1.29 is 9.59 Å². The van der Waals surface area contributed by atoms with Gasteiger partial charge in [-0.3, -0.25) is 9.59 Å². The molecule has 1 aromatic heterocycles. The summed E-state index contributed by atoms with van der Waals surface area (Å²) in [5.74, 6) is 1.03. The van der Waals surface area contributed by atoms with Gasteiger partial charge in [-0.2, -0.15) is 0 Å². The van der Waals surface area contributed by atoms with Crippen molar-refractivity contribution in [3.8, 4) is 0 Å². The molecule has 0 saturated heterocycles. The maximum absolute atomic E-state index is 13.0. The maximum atomic E-state index is 13.0. The summed E-state index contributed by atoms with van der Waals surface area (Å²) < 4.78 is 1.19. The van der Waals surface area contributed by atoms with Gasteiger partial charge in [-0.1, -0.05) is 24.3 Å². The number of carbonyl (C=O) groups excluding carboxylic acids is 2. The van der Waals surface area contributed by atoms with Gasteiger partial charge in [0.1, 0.15) is 0 Å². The van der Waals surface area contributed by atoms with Gasteiger partial charge in [-0.25, -0.2) is 0 Å². The summed E-state index contributed by atoms with van der Waals surface area (Å²) in [5.41, 5.74) is 2.10. The van der Waals surface area contributed by atoms with Gasteiger partial charge < -0.3 is 10.6 Å². The standard InChI is InChI=1S/C24H24N2O2S2/c27-23-14-29-21-10-5-15(11-19(21)26-23)13-25-18-8-6-16(7-9-18)24(28)22-12-17-3-1-2-4-20(17)30-22/h1-5,10-12,16,18,25H,6-9,13-14H2,(H,26,27)/t16-,18-. The molecule has 1 aliphatic carbocycles. The van der Waals surface area contributed by atoms with Crippen LogP contribution in [0, 0.1) is 5.92 Å². The van der Waals surface area contributed by atoms with Gasteiger partial charge in [0.15, 0.2) is 5.78 Å². The fourth-order valence-corrected chi connectivity index (χ4v) is 6.24. The SMILES string of the molecule is O=C1CSc2ccc(CN[C@H]3CC[C@H](C(=O)c4cc5ccccc5s4)CC3)cc2N1. The van der Waals surface area contributed by atoms with E-state index in [1.807, 2.05) is 12.1 Å². The van der Waals surface area contributed by atoms with E-state index >= 15 is 0 Å². The quantitative estimate of drug-likeness (QED) is 0.520. The van der Waals surface area contributed by atoms with Gasteiger partial charge in [0, 0.05) is 28.1 Å². The summed E-state index contributed by atoms with van der Waals surface area (Å²) in [7, 11) is 0. The lowest BCUT2D eigenvalue weighted by Gasteiger charge is -2.28. The number of benzene rings is 2. The Labute approximate surface area is 184 Å². The highest BCUT2D eigenvalue weighted by atomic mass is 32.2. The third-order valence-electron chi connectivity index (χ3n) is 6.04. The third kappa shape index (κ3) is 4.17. The molecule has 30 heavy (non-hydrogen) atoms. The predicted molar refractivity (Wildman–Crippen MR) is 125 cm³/mol. The lowest BCUT2D eigenvalue weighted by atomic mass is 9.83. The van der Waals surface area contributed by atoms with E-state index in [9.17, 15) is 9.59 Å². The number of hydrogen-bond donors (Lipinski definition) is 2. The van der Waals surface area contributed by atoms with E-state index in [2.05, 4.69) is 47.0 Å². The van der Waals surface area contributed by atoms with E-state index in [4.69, 9.17) is 0 Å². The second-order valence-corrected chi connectivity index (χ2v) is 10.2. The predicted octanol–water partition coefficient (Wildman–Crippen LogP) is 5.48. The number of Topliss-reactive ketones (excluding diaryl/α,β-unsaturated/α-hetero) is 1. The first-order valence-electron chi connectivity index (χ1n) is 10.5. The largest absolute Gasteiger partial charge is 0.324 e. The minimum atomic E-state index is 0.0687. The molecular formula is C24H24N2O2S2. The molecule has 2 N–H and O–H groups in total. The smallest absolute Gasteiger partial charge is 0.234 e. The second kappa shape index (κ2) is 8.53. The molecule has 1 saturated carbocycles. The van der Waals surface area contributed by atoms with E-state index in [0.29, 0.717) is 17.6 Å². The Hall–Kier alpha value is -2.15. The Morgan fingerprint density at radius 3 is 2.73 bits per heavy atom. The van der Waals surface area contributed by atoms with E-state index in [0.717, 1.165) is 47.7 Å². The lowest BCUT2D eigenvalue weighted by Crippen LogP contribution is -2.34. The van der Waals surface area contributed by atoms with Gasteiger partial charge in [0.25, 0.3) is 0 Å². The van der Waals surface area contributed by atoms with Gasteiger partial charge in [0.2, 0.25) is 5.91 Å². The Morgan fingerprint density at radius 1 is 1.07 bits per heavy atom. The van der Waals surface area contributed by atoms with Crippen LogP contribution >= 0.6 is 23.1 Å². The molecule has 154 valence electrons. The monoisotopic (exact) mass is 436 g/mol. The van der Waals surface area contributed by atoms with Gasteiger partial charge in [0.05, 0.1) is 16.3 Å². The van der Waals surface area contributed by atoms with E-state index in [-0.39, 0.29) is 11.8 Å². The molecule has 1 fully saturated rings. The molecule has 4 nitrogen and oxygen atoms in total. The van der Waals surface area contributed by atoms with Crippen LogP contribution in [0.3, 0.4) is 0 Å². The highest BCUT2D eigenvalue weighted by molar-refractivity contribution is 8.00. The van der Waals surface area contributed by atoms with E-state index in [1.54, 1.807) is 23.1 Å². The number of rotatable bonds is 5.